The first-order valence-electron chi connectivity index (χ1n) is 10.3. The molecule has 0 radical (unpaired) electrons. The molecule has 0 amide bonds. The Kier molecular flexibility index (Phi) is 8.27. The summed E-state index contributed by atoms with van der Waals surface area (Å²) in [6.45, 7) is 9.45. The predicted octanol–water partition coefficient (Wildman–Crippen LogP) is 7.62. The number of aryl methyl sites for hydroxylation is 1. The van der Waals surface area contributed by atoms with Crippen molar-refractivity contribution in [1.82, 2.24) is 0 Å². The molecule has 3 aromatic rings. The van der Waals surface area contributed by atoms with E-state index in [1.54, 1.807) is 0 Å². The maximum Gasteiger partial charge on any atom is 0.165 e. The molecule has 0 atom stereocenters. The second kappa shape index (κ2) is 11.1. The molecule has 0 unspecified atom stereocenters. The van der Waals surface area contributed by atoms with Crippen LogP contribution in [0.2, 0.25) is 10.0 Å². The largest absolute Gasteiger partial charge is 0.490 e. The predicted molar refractivity (Wildman–Crippen MR) is 131 cm³/mol. The summed E-state index contributed by atoms with van der Waals surface area (Å²) < 4.78 is 12.1. The van der Waals surface area contributed by atoms with E-state index in [-0.39, 0.29) is 0 Å². The molecule has 162 valence electrons. The second-order valence-corrected chi connectivity index (χ2v) is 8.09. The summed E-state index contributed by atoms with van der Waals surface area (Å²) in [5.41, 5.74) is 5.15. The molecule has 3 aromatic carbocycles. The van der Waals surface area contributed by atoms with Gasteiger partial charge in [-0.3, -0.25) is 0 Å². The first-order valence-corrected chi connectivity index (χ1v) is 11.0. The number of hydrogen-bond donors (Lipinski definition) is 1. The van der Waals surface area contributed by atoms with Crippen LogP contribution >= 0.6 is 23.2 Å². The van der Waals surface area contributed by atoms with Gasteiger partial charge in [0.25, 0.3) is 0 Å². The van der Waals surface area contributed by atoms with Gasteiger partial charge >= 0.3 is 0 Å². The summed E-state index contributed by atoms with van der Waals surface area (Å²) in [5.74, 6) is 1.46. The standard InChI is InChI=1S/C26H27Cl2NO2/c1-4-7-21-12-20(16-29-23-11-10-18(3)24(28)15-23)14-25(30-5-2)26(21)31-17-19-8-6-9-22(27)13-19/h4,6,8-15,29H,1,5,7,16-17H2,2-3H3. The Morgan fingerprint density at radius 2 is 1.84 bits per heavy atom. The molecule has 0 saturated carbocycles. The van der Waals surface area contributed by atoms with Gasteiger partial charge in [0, 0.05) is 27.8 Å². The lowest BCUT2D eigenvalue weighted by molar-refractivity contribution is 0.267. The topological polar surface area (TPSA) is 30.5 Å². The summed E-state index contributed by atoms with van der Waals surface area (Å²) in [4.78, 5) is 0. The maximum atomic E-state index is 6.25. The minimum Gasteiger partial charge on any atom is -0.490 e. The Hall–Kier alpha value is -2.62. The van der Waals surface area contributed by atoms with Crippen molar-refractivity contribution in [2.75, 3.05) is 11.9 Å². The van der Waals surface area contributed by atoms with Crippen molar-refractivity contribution in [1.29, 1.82) is 0 Å². The van der Waals surface area contributed by atoms with E-state index in [2.05, 4.69) is 18.0 Å². The fourth-order valence-electron chi connectivity index (χ4n) is 3.25. The Balaban J connectivity index is 1.83. The highest BCUT2D eigenvalue weighted by Gasteiger charge is 2.14. The lowest BCUT2D eigenvalue weighted by Gasteiger charge is -2.18. The third-order valence-electron chi connectivity index (χ3n) is 4.80. The summed E-state index contributed by atoms with van der Waals surface area (Å²) >= 11 is 12.4. The highest BCUT2D eigenvalue weighted by Crippen LogP contribution is 2.35. The van der Waals surface area contributed by atoms with Gasteiger partial charge in [0.05, 0.1) is 6.61 Å². The lowest BCUT2D eigenvalue weighted by atomic mass is 10.0. The Morgan fingerprint density at radius 1 is 1.00 bits per heavy atom. The van der Waals surface area contributed by atoms with E-state index in [1.807, 2.05) is 68.5 Å². The molecule has 0 saturated heterocycles. The van der Waals surface area contributed by atoms with Crippen LogP contribution < -0.4 is 14.8 Å². The van der Waals surface area contributed by atoms with Crippen molar-refractivity contribution in [3.63, 3.8) is 0 Å². The van der Waals surface area contributed by atoms with Crippen LogP contribution in [-0.4, -0.2) is 6.61 Å². The van der Waals surface area contributed by atoms with Crippen molar-refractivity contribution in [3.05, 3.63) is 99.6 Å². The summed E-state index contributed by atoms with van der Waals surface area (Å²) in [7, 11) is 0. The van der Waals surface area contributed by atoms with Crippen LogP contribution in [-0.2, 0) is 19.6 Å². The van der Waals surface area contributed by atoms with Gasteiger partial charge in [-0.2, -0.15) is 0 Å². The highest BCUT2D eigenvalue weighted by molar-refractivity contribution is 6.31. The number of ether oxygens (including phenoxy) is 2. The zero-order valence-corrected chi connectivity index (χ0v) is 19.4. The molecular weight excluding hydrogens is 429 g/mol. The van der Waals surface area contributed by atoms with Gasteiger partial charge in [-0.1, -0.05) is 47.5 Å². The number of nitrogens with one attached hydrogen (secondary N) is 1. The number of benzene rings is 3. The molecular formula is C26H27Cl2NO2. The molecule has 0 aromatic heterocycles. The van der Waals surface area contributed by atoms with E-state index in [0.29, 0.717) is 31.2 Å². The van der Waals surface area contributed by atoms with E-state index in [1.165, 1.54) is 0 Å². The highest BCUT2D eigenvalue weighted by atomic mass is 35.5. The van der Waals surface area contributed by atoms with Gasteiger partial charge in [-0.05, 0) is 73.4 Å². The van der Waals surface area contributed by atoms with Gasteiger partial charge in [-0.15, -0.1) is 6.58 Å². The van der Waals surface area contributed by atoms with Gasteiger partial charge in [0.1, 0.15) is 6.61 Å². The van der Waals surface area contributed by atoms with Gasteiger partial charge < -0.3 is 14.8 Å². The van der Waals surface area contributed by atoms with Crippen LogP contribution in [0.5, 0.6) is 11.5 Å². The third kappa shape index (κ3) is 6.43. The maximum absolute atomic E-state index is 6.25. The normalized spacial score (nSPS) is 10.6. The van der Waals surface area contributed by atoms with Crippen molar-refractivity contribution < 1.29 is 9.47 Å². The van der Waals surface area contributed by atoms with Crippen molar-refractivity contribution >= 4 is 28.9 Å². The van der Waals surface area contributed by atoms with E-state index in [9.17, 15) is 0 Å². The van der Waals surface area contributed by atoms with E-state index in [4.69, 9.17) is 32.7 Å². The molecule has 0 bridgehead atoms. The summed E-state index contributed by atoms with van der Waals surface area (Å²) in [6, 6.07) is 17.8. The number of anilines is 1. The average molecular weight is 456 g/mol. The Morgan fingerprint density at radius 3 is 2.55 bits per heavy atom. The number of allylic oxidation sites excluding steroid dienone is 1. The minimum absolute atomic E-state index is 0.407. The molecule has 0 heterocycles. The monoisotopic (exact) mass is 455 g/mol. The van der Waals surface area contributed by atoms with Gasteiger partial charge in [0.2, 0.25) is 0 Å². The van der Waals surface area contributed by atoms with Crippen LogP contribution in [0, 0.1) is 6.92 Å². The zero-order chi connectivity index (χ0) is 22.2. The average Bonchev–Trinajstić information content (AvgIpc) is 2.74. The van der Waals surface area contributed by atoms with E-state index < -0.39 is 0 Å². The molecule has 0 aliphatic heterocycles. The number of rotatable bonds is 10. The molecule has 5 heteroatoms. The van der Waals surface area contributed by atoms with Crippen LogP contribution in [0.3, 0.4) is 0 Å². The van der Waals surface area contributed by atoms with Crippen LogP contribution in [0.1, 0.15) is 29.2 Å². The van der Waals surface area contributed by atoms with E-state index in [0.717, 1.165) is 44.5 Å². The number of halogens is 2. The van der Waals surface area contributed by atoms with E-state index >= 15 is 0 Å². The summed E-state index contributed by atoms with van der Waals surface area (Å²) in [5, 5.41) is 4.87. The molecule has 3 nitrogen and oxygen atoms in total. The lowest BCUT2D eigenvalue weighted by Crippen LogP contribution is -2.06. The minimum atomic E-state index is 0.407. The number of hydrogen-bond acceptors (Lipinski definition) is 3. The van der Waals surface area contributed by atoms with Crippen LogP contribution in [0.25, 0.3) is 0 Å². The first-order chi connectivity index (χ1) is 15.0. The third-order valence-corrected chi connectivity index (χ3v) is 5.44. The molecule has 31 heavy (non-hydrogen) atoms. The molecule has 0 aliphatic rings. The SMILES string of the molecule is C=CCc1cc(CNc2ccc(C)c(Cl)c2)cc(OCC)c1OCc1cccc(Cl)c1. The molecule has 3 rings (SSSR count). The quantitative estimate of drug-likeness (QED) is 0.318. The first kappa shape index (κ1) is 23.1. The van der Waals surface area contributed by atoms with Crippen LogP contribution in [0.15, 0.2) is 67.3 Å². The van der Waals surface area contributed by atoms with Gasteiger partial charge in [0.15, 0.2) is 11.5 Å². The summed E-state index contributed by atoms with van der Waals surface area (Å²) in [6.07, 6.45) is 2.55. The van der Waals surface area contributed by atoms with Crippen LogP contribution in [0.4, 0.5) is 5.69 Å². The Labute approximate surface area is 194 Å². The fraction of sp³-hybridized carbons (Fsp3) is 0.231. The van der Waals surface area contributed by atoms with Crippen molar-refractivity contribution in [2.24, 2.45) is 0 Å². The smallest absolute Gasteiger partial charge is 0.165 e. The molecule has 1 N–H and O–H groups in total. The molecule has 0 fully saturated rings. The molecule has 0 spiro atoms. The fourth-order valence-corrected chi connectivity index (χ4v) is 3.64. The van der Waals surface area contributed by atoms with Crippen molar-refractivity contribution in [3.8, 4) is 11.5 Å². The van der Waals surface area contributed by atoms with Crippen molar-refractivity contribution in [2.45, 2.75) is 33.4 Å². The van der Waals surface area contributed by atoms with Gasteiger partial charge in [-0.25, -0.2) is 0 Å². The molecule has 0 aliphatic carbocycles. The Bertz CT molecular complexity index is 1050. The second-order valence-electron chi connectivity index (χ2n) is 7.24. The zero-order valence-electron chi connectivity index (χ0n) is 17.9.